The molecule has 12 atom stereocenters. The van der Waals surface area contributed by atoms with Gasteiger partial charge in [-0.2, -0.15) is 0 Å². The highest BCUT2D eigenvalue weighted by molar-refractivity contribution is 5.77. The van der Waals surface area contributed by atoms with Crippen molar-refractivity contribution in [3.05, 3.63) is 82.9 Å². The normalized spacial score (nSPS) is 42.4. The average Bonchev–Trinajstić information content (AvgIpc) is 3.41. The smallest absolute Gasteiger partial charge is 0.336 e. The average molecular weight is 701 g/mol. The van der Waals surface area contributed by atoms with E-state index in [1.54, 1.807) is 0 Å². The van der Waals surface area contributed by atoms with Crippen molar-refractivity contribution < 1.29 is 38.7 Å². The highest BCUT2D eigenvalue weighted by atomic mass is 16.6. The molecule has 2 bridgehead atoms. The van der Waals surface area contributed by atoms with Crippen molar-refractivity contribution >= 4 is 11.9 Å². The Labute approximate surface area is 302 Å². The monoisotopic (exact) mass is 700 g/mol. The van der Waals surface area contributed by atoms with Gasteiger partial charge < -0.3 is 29.2 Å². The third-order valence-electron chi connectivity index (χ3n) is 14.3. The van der Waals surface area contributed by atoms with E-state index in [4.69, 9.17) is 18.9 Å². The number of hydrogen-bond donors (Lipinski definition) is 2. The van der Waals surface area contributed by atoms with Crippen LogP contribution in [0.2, 0.25) is 0 Å². The van der Waals surface area contributed by atoms with Crippen LogP contribution >= 0.6 is 0 Å². The second-order valence-corrected chi connectivity index (χ2v) is 17.9. The van der Waals surface area contributed by atoms with Gasteiger partial charge in [0.1, 0.15) is 12.2 Å². The summed E-state index contributed by atoms with van der Waals surface area (Å²) < 4.78 is 25.4. The molecule has 8 nitrogen and oxygen atoms in total. The third kappa shape index (κ3) is 5.37. The summed E-state index contributed by atoms with van der Waals surface area (Å²) in [6.07, 6.45) is -2.43. The number of benzene rings is 2. The van der Waals surface area contributed by atoms with Crippen LogP contribution in [0.15, 0.2) is 71.8 Å². The van der Waals surface area contributed by atoms with E-state index in [2.05, 4.69) is 32.9 Å². The van der Waals surface area contributed by atoms with Gasteiger partial charge in [-0.1, -0.05) is 95.3 Å². The number of fused-ring (bicyclic) bond motifs is 5. The molecule has 8 heteroatoms. The summed E-state index contributed by atoms with van der Waals surface area (Å²) in [7, 11) is 0. The van der Waals surface area contributed by atoms with Crippen molar-refractivity contribution in [3.63, 3.8) is 0 Å². The minimum atomic E-state index is -1.51. The van der Waals surface area contributed by atoms with Crippen LogP contribution in [-0.2, 0) is 28.5 Å². The standard InChI is InChI=1S/C43H56O8/c1-24-20-31-41(8,23-48-31)36-33(28-18-14-11-15-19-28)43(47)22-30(25(2)32(40(43,6)7)35(49-26(3)44)37(45)42(24,36)9)50-38(46)34-29(21-39(4,5)51-34)27-16-12-10-13-17-27/h10-19,24,29-31,33-37,45,47H,20-23H2,1-9H3/t24-,29-,30-,31+,33-,34+,35+,36?,37-,41+,42+,43+/m0/s1. The molecule has 0 amide bonds. The first-order valence-corrected chi connectivity index (χ1v) is 18.8. The predicted molar refractivity (Wildman–Crippen MR) is 193 cm³/mol. The van der Waals surface area contributed by atoms with Crippen molar-refractivity contribution in [2.24, 2.45) is 28.1 Å². The fourth-order valence-electron chi connectivity index (χ4n) is 11.4. The lowest BCUT2D eigenvalue weighted by molar-refractivity contribution is -0.310. The zero-order chi connectivity index (χ0) is 36.9. The van der Waals surface area contributed by atoms with E-state index in [1.807, 2.05) is 83.1 Å². The number of esters is 2. The maximum atomic E-state index is 14.4. The summed E-state index contributed by atoms with van der Waals surface area (Å²) in [6.45, 7) is 18.2. The van der Waals surface area contributed by atoms with Crippen LogP contribution in [0, 0.1) is 28.1 Å². The Balaban J connectivity index is 1.41. The molecule has 0 aromatic heterocycles. The number of hydrogen-bond acceptors (Lipinski definition) is 8. The first-order valence-electron chi connectivity index (χ1n) is 18.8. The summed E-state index contributed by atoms with van der Waals surface area (Å²) in [5, 5.41) is 26.7. The fraction of sp³-hybridized carbons (Fsp3) is 0.628. The van der Waals surface area contributed by atoms with Gasteiger partial charge in [0.15, 0.2) is 12.2 Å². The zero-order valence-electron chi connectivity index (χ0n) is 31.6. The molecule has 5 aliphatic rings. The van der Waals surface area contributed by atoms with Crippen molar-refractivity contribution in [2.75, 3.05) is 6.61 Å². The van der Waals surface area contributed by atoms with Gasteiger partial charge in [0, 0.05) is 41.4 Å². The topological polar surface area (TPSA) is 112 Å². The summed E-state index contributed by atoms with van der Waals surface area (Å²) in [6, 6.07) is 20.0. The highest BCUT2D eigenvalue weighted by Crippen LogP contribution is 2.71. The number of aliphatic hydroxyl groups excluding tert-OH is 1. The van der Waals surface area contributed by atoms with Crippen molar-refractivity contribution in [1.29, 1.82) is 0 Å². The van der Waals surface area contributed by atoms with E-state index in [-0.39, 0.29) is 35.7 Å². The number of rotatable bonds is 5. The van der Waals surface area contributed by atoms with Gasteiger partial charge in [-0.25, -0.2) is 4.79 Å². The van der Waals surface area contributed by atoms with E-state index in [9.17, 15) is 19.8 Å². The van der Waals surface area contributed by atoms with Gasteiger partial charge in [0.05, 0.1) is 23.9 Å². The van der Waals surface area contributed by atoms with Gasteiger partial charge in [-0.3, -0.25) is 4.79 Å². The number of ether oxygens (including phenoxy) is 4. The Kier molecular flexibility index (Phi) is 8.73. The Morgan fingerprint density at radius 2 is 1.49 bits per heavy atom. The minimum absolute atomic E-state index is 0.0296. The van der Waals surface area contributed by atoms with Crippen LogP contribution in [-0.4, -0.2) is 70.5 Å². The van der Waals surface area contributed by atoms with Crippen molar-refractivity contribution in [3.8, 4) is 0 Å². The van der Waals surface area contributed by atoms with Gasteiger partial charge in [-0.05, 0) is 67.7 Å². The highest BCUT2D eigenvalue weighted by Gasteiger charge is 2.73. The first kappa shape index (κ1) is 36.3. The molecule has 2 aliphatic heterocycles. The number of carbonyl (C=O) groups excluding carboxylic acids is 2. The molecule has 2 N–H and O–H groups in total. The predicted octanol–water partition coefficient (Wildman–Crippen LogP) is 6.88. The SMILES string of the molecule is CC(=O)O[C@@H]1C2=C(C)[C@@H](OC(=O)[C@@H]3OC(C)(C)C[C@H]3c3ccccc3)C[C@@](O)([C@@H](c3ccccc3)C3[C@@](C)([C@@H](C)C[C@H]4OC[C@@]34C)[C@H]1O)C2(C)C. The van der Waals surface area contributed by atoms with Crippen LogP contribution < -0.4 is 0 Å². The molecule has 2 saturated heterocycles. The molecule has 51 heavy (non-hydrogen) atoms. The fourth-order valence-corrected chi connectivity index (χ4v) is 11.4. The maximum absolute atomic E-state index is 14.4. The van der Waals surface area contributed by atoms with E-state index >= 15 is 0 Å². The molecule has 7 rings (SSSR count). The Hall–Kier alpha value is -3.04. The third-order valence-corrected chi connectivity index (χ3v) is 14.3. The lowest BCUT2D eigenvalue weighted by atomic mass is 9.38. The second kappa shape index (κ2) is 12.3. The van der Waals surface area contributed by atoms with E-state index in [1.165, 1.54) is 6.92 Å². The zero-order valence-corrected chi connectivity index (χ0v) is 31.6. The van der Waals surface area contributed by atoms with Crippen molar-refractivity contribution in [1.82, 2.24) is 0 Å². The summed E-state index contributed by atoms with van der Waals surface area (Å²) >= 11 is 0. The Morgan fingerprint density at radius 3 is 2.06 bits per heavy atom. The summed E-state index contributed by atoms with van der Waals surface area (Å²) in [5.41, 5.74) is -0.990. The van der Waals surface area contributed by atoms with Crippen molar-refractivity contribution in [2.45, 2.75) is 135 Å². The van der Waals surface area contributed by atoms with Gasteiger partial charge in [0.25, 0.3) is 0 Å². The largest absolute Gasteiger partial charge is 0.456 e. The lowest BCUT2D eigenvalue weighted by Crippen LogP contribution is -2.74. The molecule has 3 aliphatic carbocycles. The quantitative estimate of drug-likeness (QED) is 0.257. The Morgan fingerprint density at radius 1 is 0.882 bits per heavy atom. The van der Waals surface area contributed by atoms with E-state index in [0.717, 1.165) is 17.5 Å². The minimum Gasteiger partial charge on any atom is -0.456 e. The summed E-state index contributed by atoms with van der Waals surface area (Å²) in [5.74, 6) is -2.03. The molecule has 2 aromatic carbocycles. The molecule has 2 saturated carbocycles. The number of aliphatic hydroxyl groups is 2. The number of carbonyl (C=O) groups is 2. The molecular formula is C43H56O8. The van der Waals surface area contributed by atoms with E-state index in [0.29, 0.717) is 24.2 Å². The molecule has 0 spiro atoms. The molecule has 2 aromatic rings. The summed E-state index contributed by atoms with van der Waals surface area (Å²) in [4.78, 5) is 27.4. The van der Waals surface area contributed by atoms with Gasteiger partial charge >= 0.3 is 11.9 Å². The van der Waals surface area contributed by atoms with Crippen LogP contribution in [0.1, 0.15) is 105 Å². The Bertz CT molecular complexity index is 1700. The maximum Gasteiger partial charge on any atom is 0.336 e. The lowest BCUT2D eigenvalue weighted by Gasteiger charge is -2.71. The molecule has 4 fully saturated rings. The second-order valence-electron chi connectivity index (χ2n) is 17.9. The van der Waals surface area contributed by atoms with Crippen LogP contribution in [0.25, 0.3) is 0 Å². The molecule has 2 heterocycles. The van der Waals surface area contributed by atoms with Crippen LogP contribution in [0.5, 0.6) is 0 Å². The molecule has 0 radical (unpaired) electrons. The van der Waals surface area contributed by atoms with Gasteiger partial charge in [0.2, 0.25) is 0 Å². The molecular weight excluding hydrogens is 644 g/mol. The first-order chi connectivity index (χ1) is 23.9. The van der Waals surface area contributed by atoms with Crippen LogP contribution in [0.3, 0.4) is 0 Å². The van der Waals surface area contributed by atoms with Crippen LogP contribution in [0.4, 0.5) is 0 Å². The molecule has 1 unspecified atom stereocenters. The van der Waals surface area contributed by atoms with Gasteiger partial charge in [-0.15, -0.1) is 0 Å². The van der Waals surface area contributed by atoms with E-state index < -0.39 is 64.3 Å². The molecule has 276 valence electrons.